The van der Waals surface area contributed by atoms with Crippen LogP contribution in [-0.2, 0) is 13.1 Å². The maximum atomic E-state index is 12.8. The third kappa shape index (κ3) is 9.13. The van der Waals surface area contributed by atoms with E-state index in [9.17, 15) is 9.59 Å². The second kappa shape index (κ2) is 15.7. The molecule has 5 aromatic rings. The lowest BCUT2D eigenvalue weighted by Gasteiger charge is -2.09. The Morgan fingerprint density at radius 2 is 0.778 bits per heavy atom. The SMILES string of the molecule is Cl.NC(=NCc1ccccc1)c1ccc(NC(=O)c2ccc(C(=O)Nc3ccc(C(N)=NCc4ccccc4)cc3)cc2)cc1. The largest absolute Gasteiger partial charge is 0.383 e. The highest BCUT2D eigenvalue weighted by Gasteiger charge is 2.11. The van der Waals surface area contributed by atoms with Gasteiger partial charge in [-0.3, -0.25) is 19.6 Å². The summed E-state index contributed by atoms with van der Waals surface area (Å²) >= 11 is 0. The standard InChI is InChI=1S/C36H32N6O2.ClH/c37-33(39-23-25-7-3-1-4-8-25)27-15-19-31(20-16-27)41-35(43)29-11-13-30(14-12-29)36(44)42-32-21-17-28(18-22-32)34(38)40-24-26-9-5-2-6-10-26;/h1-22H,23-24H2,(H2,37,39)(H2,38,40)(H,41,43)(H,42,44);1H. The zero-order valence-corrected chi connectivity index (χ0v) is 25.2. The number of carbonyl (C=O) groups is 2. The lowest BCUT2D eigenvalue weighted by Crippen LogP contribution is -2.16. The molecule has 0 unspecified atom stereocenters. The summed E-state index contributed by atoms with van der Waals surface area (Å²) in [5.74, 6) is 0.261. The van der Waals surface area contributed by atoms with E-state index in [0.717, 1.165) is 22.3 Å². The van der Waals surface area contributed by atoms with Crippen molar-refractivity contribution < 1.29 is 9.59 Å². The van der Waals surface area contributed by atoms with E-state index < -0.39 is 0 Å². The summed E-state index contributed by atoms with van der Waals surface area (Å²) in [6.07, 6.45) is 0. The quantitative estimate of drug-likeness (QED) is 0.106. The highest BCUT2D eigenvalue weighted by molar-refractivity contribution is 6.07. The number of nitrogens with one attached hydrogen (secondary N) is 2. The van der Waals surface area contributed by atoms with Crippen molar-refractivity contribution in [2.75, 3.05) is 10.6 Å². The number of anilines is 2. The van der Waals surface area contributed by atoms with Gasteiger partial charge in [0.05, 0.1) is 13.1 Å². The molecule has 226 valence electrons. The third-order valence-corrected chi connectivity index (χ3v) is 6.84. The summed E-state index contributed by atoms with van der Waals surface area (Å²) < 4.78 is 0. The van der Waals surface area contributed by atoms with Crippen LogP contribution >= 0.6 is 12.4 Å². The fourth-order valence-corrected chi connectivity index (χ4v) is 4.33. The van der Waals surface area contributed by atoms with E-state index in [1.54, 1.807) is 48.5 Å². The van der Waals surface area contributed by atoms with Gasteiger partial charge in [0, 0.05) is 33.6 Å². The Balaban J connectivity index is 0.00000461. The van der Waals surface area contributed by atoms with Gasteiger partial charge in [0.2, 0.25) is 0 Å². The van der Waals surface area contributed by atoms with Crippen molar-refractivity contribution in [3.05, 3.63) is 167 Å². The number of hydrogen-bond donors (Lipinski definition) is 4. The Labute approximate surface area is 268 Å². The van der Waals surface area contributed by atoms with Crippen LogP contribution in [0.5, 0.6) is 0 Å². The number of nitrogens with zero attached hydrogens (tertiary/aromatic N) is 2. The van der Waals surface area contributed by atoms with Crippen LogP contribution in [0.3, 0.4) is 0 Å². The van der Waals surface area contributed by atoms with Gasteiger partial charge in [0.1, 0.15) is 11.7 Å². The molecule has 9 heteroatoms. The Kier molecular flexibility index (Phi) is 11.2. The molecule has 0 heterocycles. The monoisotopic (exact) mass is 616 g/mol. The first-order valence-corrected chi connectivity index (χ1v) is 14.1. The molecule has 5 aromatic carbocycles. The maximum Gasteiger partial charge on any atom is 0.255 e. The molecule has 5 rings (SSSR count). The van der Waals surface area contributed by atoms with Crippen molar-refractivity contribution in [3.8, 4) is 0 Å². The smallest absolute Gasteiger partial charge is 0.255 e. The molecule has 0 saturated carbocycles. The molecule has 0 aliphatic heterocycles. The third-order valence-electron chi connectivity index (χ3n) is 6.84. The normalized spacial score (nSPS) is 11.3. The fourth-order valence-electron chi connectivity index (χ4n) is 4.33. The Morgan fingerprint density at radius 1 is 0.467 bits per heavy atom. The number of benzene rings is 5. The van der Waals surface area contributed by atoms with Crippen molar-refractivity contribution in [2.24, 2.45) is 21.5 Å². The fraction of sp³-hybridized carbons (Fsp3) is 0.0556. The second-order valence-corrected chi connectivity index (χ2v) is 10.0. The van der Waals surface area contributed by atoms with Crippen LogP contribution in [0.25, 0.3) is 0 Å². The van der Waals surface area contributed by atoms with Crippen LogP contribution in [0, 0.1) is 0 Å². The van der Waals surface area contributed by atoms with Crippen LogP contribution in [0.2, 0.25) is 0 Å². The van der Waals surface area contributed by atoms with Gasteiger partial charge in [-0.25, -0.2) is 0 Å². The molecule has 6 N–H and O–H groups in total. The van der Waals surface area contributed by atoms with E-state index in [4.69, 9.17) is 11.5 Å². The van der Waals surface area contributed by atoms with Crippen molar-refractivity contribution in [1.82, 2.24) is 0 Å². The molecule has 0 atom stereocenters. The lowest BCUT2D eigenvalue weighted by molar-refractivity contribution is 0.101. The lowest BCUT2D eigenvalue weighted by atomic mass is 10.1. The van der Waals surface area contributed by atoms with E-state index in [-0.39, 0.29) is 24.2 Å². The van der Waals surface area contributed by atoms with Crippen molar-refractivity contribution in [2.45, 2.75) is 13.1 Å². The maximum absolute atomic E-state index is 12.8. The van der Waals surface area contributed by atoms with E-state index in [2.05, 4.69) is 20.6 Å². The average molecular weight is 617 g/mol. The number of rotatable bonds is 10. The minimum atomic E-state index is -0.294. The first-order chi connectivity index (χ1) is 21.4. The number of amidine groups is 2. The van der Waals surface area contributed by atoms with Gasteiger partial charge in [0.15, 0.2) is 0 Å². The number of amides is 2. The minimum absolute atomic E-state index is 0. The topological polar surface area (TPSA) is 135 Å². The van der Waals surface area contributed by atoms with Gasteiger partial charge in [0.25, 0.3) is 11.8 Å². The first kappa shape index (κ1) is 32.2. The number of hydrogen-bond acceptors (Lipinski definition) is 4. The van der Waals surface area contributed by atoms with E-state index in [1.165, 1.54) is 0 Å². The molecular weight excluding hydrogens is 584 g/mol. The van der Waals surface area contributed by atoms with Gasteiger partial charge in [-0.05, 0) is 83.9 Å². The summed E-state index contributed by atoms with van der Waals surface area (Å²) in [4.78, 5) is 34.5. The van der Waals surface area contributed by atoms with Gasteiger partial charge >= 0.3 is 0 Å². The Hall–Kier alpha value is -5.73. The van der Waals surface area contributed by atoms with Crippen LogP contribution in [0.15, 0.2) is 143 Å². The number of carbonyl (C=O) groups excluding carboxylic acids is 2. The molecule has 0 radical (unpaired) electrons. The second-order valence-electron chi connectivity index (χ2n) is 10.0. The molecule has 0 fully saturated rings. The molecule has 0 aromatic heterocycles. The van der Waals surface area contributed by atoms with E-state index >= 15 is 0 Å². The van der Waals surface area contributed by atoms with E-state index in [0.29, 0.717) is 47.3 Å². The van der Waals surface area contributed by atoms with Crippen molar-refractivity contribution in [3.63, 3.8) is 0 Å². The van der Waals surface area contributed by atoms with E-state index in [1.807, 2.05) is 84.9 Å². The summed E-state index contributed by atoms with van der Waals surface area (Å²) in [5.41, 5.74) is 18.0. The number of aliphatic imine (C=N–C) groups is 2. The average Bonchev–Trinajstić information content (AvgIpc) is 3.07. The highest BCUT2D eigenvalue weighted by atomic mass is 35.5. The molecular formula is C36H33ClN6O2. The van der Waals surface area contributed by atoms with Crippen LogP contribution in [0.4, 0.5) is 11.4 Å². The summed E-state index contributed by atoms with van der Waals surface area (Å²) in [5, 5.41) is 5.73. The molecule has 0 saturated heterocycles. The Bertz CT molecular complexity index is 1640. The zero-order chi connectivity index (χ0) is 30.7. The van der Waals surface area contributed by atoms with Crippen LogP contribution in [0.1, 0.15) is 43.0 Å². The molecule has 8 nitrogen and oxygen atoms in total. The zero-order valence-electron chi connectivity index (χ0n) is 24.4. The van der Waals surface area contributed by atoms with Crippen LogP contribution in [-0.4, -0.2) is 23.5 Å². The van der Waals surface area contributed by atoms with Gasteiger partial charge in [-0.2, -0.15) is 0 Å². The number of nitrogens with two attached hydrogens (primary N) is 2. The molecule has 0 aliphatic carbocycles. The predicted molar refractivity (Wildman–Crippen MR) is 184 cm³/mol. The van der Waals surface area contributed by atoms with Gasteiger partial charge in [-0.1, -0.05) is 60.7 Å². The van der Waals surface area contributed by atoms with Gasteiger partial charge < -0.3 is 22.1 Å². The molecule has 0 spiro atoms. The molecule has 45 heavy (non-hydrogen) atoms. The Morgan fingerprint density at radius 3 is 1.11 bits per heavy atom. The summed E-state index contributed by atoms with van der Waals surface area (Å²) in [6.45, 7) is 0.983. The van der Waals surface area contributed by atoms with Crippen molar-refractivity contribution in [1.29, 1.82) is 0 Å². The summed E-state index contributed by atoms with van der Waals surface area (Å²) in [7, 11) is 0. The molecule has 2 amide bonds. The highest BCUT2D eigenvalue weighted by Crippen LogP contribution is 2.15. The number of halogens is 1. The van der Waals surface area contributed by atoms with Crippen LogP contribution < -0.4 is 22.1 Å². The first-order valence-electron chi connectivity index (χ1n) is 14.1. The predicted octanol–water partition coefficient (Wildman–Crippen LogP) is 6.42. The minimum Gasteiger partial charge on any atom is -0.383 e. The van der Waals surface area contributed by atoms with Gasteiger partial charge in [-0.15, -0.1) is 12.4 Å². The molecule has 0 bridgehead atoms. The van der Waals surface area contributed by atoms with Crippen molar-refractivity contribution >= 4 is 47.3 Å². The molecule has 0 aliphatic rings. The summed E-state index contributed by atoms with van der Waals surface area (Å²) in [6, 6.07) is 40.5.